The molecule has 0 unspecified atom stereocenters. The summed E-state index contributed by atoms with van der Waals surface area (Å²) in [5.41, 5.74) is 1.85. The van der Waals surface area contributed by atoms with Gasteiger partial charge < -0.3 is 9.15 Å². The van der Waals surface area contributed by atoms with Crippen molar-refractivity contribution in [3.05, 3.63) is 87.3 Å². The van der Waals surface area contributed by atoms with Crippen LogP contribution >= 0.6 is 23.2 Å². The molecular weight excluding hydrogens is 444 g/mol. The quantitative estimate of drug-likeness (QED) is 0.368. The zero-order valence-corrected chi connectivity index (χ0v) is 16.6. The Bertz CT molecular complexity index is 1060. The van der Waals surface area contributed by atoms with Crippen LogP contribution in [0.5, 0.6) is 5.75 Å². The van der Waals surface area contributed by atoms with Crippen LogP contribution in [0.1, 0.15) is 27.4 Å². The lowest BCUT2D eigenvalue weighted by Gasteiger charge is -2.06. The second kappa shape index (κ2) is 9.23. The smallest absolute Gasteiger partial charge is 0.416 e. The van der Waals surface area contributed by atoms with Crippen LogP contribution in [0.4, 0.5) is 13.2 Å². The molecule has 0 spiro atoms. The third kappa shape index (κ3) is 5.77. The molecule has 5 nitrogen and oxygen atoms in total. The first-order chi connectivity index (χ1) is 14.2. The molecule has 0 fully saturated rings. The fraction of sp³-hybridized carbons (Fsp3) is 0.100. The van der Waals surface area contributed by atoms with Gasteiger partial charge in [-0.2, -0.15) is 18.3 Å². The Morgan fingerprint density at radius 3 is 2.50 bits per heavy atom. The van der Waals surface area contributed by atoms with Gasteiger partial charge in [-0.3, -0.25) is 4.79 Å². The van der Waals surface area contributed by atoms with E-state index in [4.69, 9.17) is 32.4 Å². The highest BCUT2D eigenvalue weighted by Gasteiger charge is 2.29. The van der Waals surface area contributed by atoms with Gasteiger partial charge in [0.15, 0.2) is 5.76 Å². The highest BCUT2D eigenvalue weighted by atomic mass is 35.5. The van der Waals surface area contributed by atoms with E-state index in [0.717, 1.165) is 12.1 Å². The number of hydrogen-bond acceptors (Lipinski definition) is 4. The predicted octanol–water partition coefficient (Wildman–Crippen LogP) is 5.95. The molecule has 0 atom stereocenters. The van der Waals surface area contributed by atoms with Crippen LogP contribution in [0.15, 0.2) is 64.1 Å². The predicted molar refractivity (Wildman–Crippen MR) is 106 cm³/mol. The van der Waals surface area contributed by atoms with Crippen LogP contribution in [0, 0.1) is 0 Å². The van der Waals surface area contributed by atoms with E-state index in [9.17, 15) is 18.0 Å². The van der Waals surface area contributed by atoms with Gasteiger partial charge in [0, 0.05) is 5.02 Å². The molecule has 1 N–H and O–H groups in total. The summed E-state index contributed by atoms with van der Waals surface area (Å²) >= 11 is 11.8. The molecule has 3 aromatic rings. The van der Waals surface area contributed by atoms with E-state index in [2.05, 4.69) is 10.5 Å². The van der Waals surface area contributed by atoms with Crippen molar-refractivity contribution in [3.63, 3.8) is 0 Å². The summed E-state index contributed by atoms with van der Waals surface area (Å²) < 4.78 is 48.5. The number of hydrogen-bond donors (Lipinski definition) is 1. The minimum atomic E-state index is -4.41. The molecule has 0 aliphatic rings. The van der Waals surface area contributed by atoms with E-state index < -0.39 is 17.6 Å². The number of hydrazone groups is 1. The SMILES string of the molecule is O=C(N/N=C/c1ccc(C(F)(F)F)cc1)c1ccc(COc2ccc(Cl)cc2Cl)o1. The maximum atomic E-state index is 12.5. The highest BCUT2D eigenvalue weighted by molar-refractivity contribution is 6.35. The molecule has 2 aromatic carbocycles. The molecule has 1 amide bonds. The van der Waals surface area contributed by atoms with Crippen LogP contribution in [0.3, 0.4) is 0 Å². The van der Waals surface area contributed by atoms with E-state index >= 15 is 0 Å². The number of furan rings is 1. The molecular formula is C20H13Cl2F3N2O3. The van der Waals surface area contributed by atoms with Crippen LogP contribution in [-0.2, 0) is 12.8 Å². The average Bonchev–Trinajstić information content (AvgIpc) is 3.16. The Balaban J connectivity index is 1.54. The van der Waals surface area contributed by atoms with Crippen molar-refractivity contribution in [2.75, 3.05) is 0 Å². The number of carbonyl (C=O) groups is 1. The molecule has 0 radical (unpaired) electrons. The Labute approximate surface area is 179 Å². The number of alkyl halides is 3. The van der Waals surface area contributed by atoms with Crippen molar-refractivity contribution in [2.45, 2.75) is 12.8 Å². The Morgan fingerprint density at radius 1 is 1.10 bits per heavy atom. The molecule has 3 rings (SSSR count). The first-order valence-corrected chi connectivity index (χ1v) is 9.15. The van der Waals surface area contributed by atoms with Gasteiger partial charge in [-0.05, 0) is 48.0 Å². The minimum Gasteiger partial charge on any atom is -0.484 e. The van der Waals surface area contributed by atoms with E-state index in [-0.39, 0.29) is 12.4 Å². The summed E-state index contributed by atoms with van der Waals surface area (Å²) in [6.07, 6.45) is -3.20. The number of nitrogens with one attached hydrogen (secondary N) is 1. The normalized spacial score (nSPS) is 11.6. The third-order valence-corrected chi connectivity index (χ3v) is 4.30. The molecule has 0 saturated carbocycles. The van der Waals surface area contributed by atoms with Gasteiger partial charge in [-0.25, -0.2) is 5.43 Å². The fourth-order valence-electron chi connectivity index (χ4n) is 2.30. The van der Waals surface area contributed by atoms with Gasteiger partial charge in [0.05, 0.1) is 16.8 Å². The van der Waals surface area contributed by atoms with E-state index in [1.165, 1.54) is 30.5 Å². The molecule has 0 bridgehead atoms. The minimum absolute atomic E-state index is 0.0135. The molecule has 10 heteroatoms. The summed E-state index contributed by atoms with van der Waals surface area (Å²) in [4.78, 5) is 12.1. The molecule has 0 saturated heterocycles. The lowest BCUT2D eigenvalue weighted by molar-refractivity contribution is -0.137. The molecule has 1 heterocycles. The summed E-state index contributed by atoms with van der Waals surface area (Å²) in [6.45, 7) is 0.0312. The zero-order valence-electron chi connectivity index (χ0n) is 15.0. The Hall–Kier alpha value is -2.97. The molecule has 1 aromatic heterocycles. The largest absolute Gasteiger partial charge is 0.484 e. The van der Waals surface area contributed by atoms with Crippen LogP contribution in [-0.4, -0.2) is 12.1 Å². The van der Waals surface area contributed by atoms with Crippen LogP contribution in [0.25, 0.3) is 0 Å². The van der Waals surface area contributed by atoms with Gasteiger partial charge in [-0.15, -0.1) is 0 Å². The van der Waals surface area contributed by atoms with Gasteiger partial charge >= 0.3 is 12.1 Å². The number of amides is 1. The second-order valence-electron chi connectivity index (χ2n) is 5.95. The maximum Gasteiger partial charge on any atom is 0.416 e. The van der Waals surface area contributed by atoms with Crippen molar-refractivity contribution in [1.29, 1.82) is 0 Å². The van der Waals surface area contributed by atoms with Gasteiger partial charge in [-0.1, -0.05) is 35.3 Å². The van der Waals surface area contributed by atoms with Crippen molar-refractivity contribution in [2.24, 2.45) is 5.10 Å². The number of carbonyl (C=O) groups excluding carboxylic acids is 1. The van der Waals surface area contributed by atoms with Gasteiger partial charge in [0.25, 0.3) is 0 Å². The average molecular weight is 457 g/mol. The number of benzene rings is 2. The summed E-state index contributed by atoms with van der Waals surface area (Å²) in [6, 6.07) is 12.1. The zero-order chi connectivity index (χ0) is 21.7. The number of nitrogens with zero attached hydrogens (tertiary/aromatic N) is 1. The number of ether oxygens (including phenoxy) is 1. The Morgan fingerprint density at radius 2 is 1.83 bits per heavy atom. The lowest BCUT2D eigenvalue weighted by Crippen LogP contribution is -2.16. The van der Waals surface area contributed by atoms with Crippen LogP contribution in [0.2, 0.25) is 10.0 Å². The summed E-state index contributed by atoms with van der Waals surface area (Å²) in [7, 11) is 0. The van der Waals surface area contributed by atoms with Gasteiger partial charge in [0.2, 0.25) is 0 Å². The second-order valence-corrected chi connectivity index (χ2v) is 6.79. The number of halogens is 5. The molecule has 30 heavy (non-hydrogen) atoms. The van der Waals surface area contributed by atoms with E-state index in [0.29, 0.717) is 27.1 Å². The van der Waals surface area contributed by atoms with Crippen molar-refractivity contribution >= 4 is 35.3 Å². The maximum absolute atomic E-state index is 12.5. The topological polar surface area (TPSA) is 63.8 Å². The summed E-state index contributed by atoms with van der Waals surface area (Å²) in [5, 5.41) is 4.52. The first kappa shape index (κ1) is 21.7. The molecule has 0 aliphatic carbocycles. The van der Waals surface area contributed by atoms with Gasteiger partial charge in [0.1, 0.15) is 18.1 Å². The number of rotatable bonds is 6. The Kier molecular flexibility index (Phi) is 6.69. The fourth-order valence-corrected chi connectivity index (χ4v) is 2.76. The summed E-state index contributed by atoms with van der Waals surface area (Å²) in [5.74, 6) is 0.136. The monoisotopic (exact) mass is 456 g/mol. The first-order valence-electron chi connectivity index (χ1n) is 8.39. The third-order valence-electron chi connectivity index (χ3n) is 3.77. The standard InChI is InChI=1S/C20H13Cl2F3N2O3/c21-14-5-7-17(16(22)9-14)29-11-15-6-8-18(30-15)19(28)27-26-10-12-1-3-13(4-2-12)20(23,24)25/h1-10H,11H2,(H,27,28)/b26-10+. The van der Waals surface area contributed by atoms with Crippen molar-refractivity contribution in [1.82, 2.24) is 5.43 Å². The molecule has 0 aliphatic heterocycles. The van der Waals surface area contributed by atoms with Crippen LogP contribution < -0.4 is 10.2 Å². The van der Waals surface area contributed by atoms with Crippen molar-refractivity contribution < 1.29 is 27.1 Å². The van der Waals surface area contributed by atoms with E-state index in [1.54, 1.807) is 18.2 Å². The highest BCUT2D eigenvalue weighted by Crippen LogP contribution is 2.29. The lowest BCUT2D eigenvalue weighted by atomic mass is 10.1. The van der Waals surface area contributed by atoms with Crippen molar-refractivity contribution in [3.8, 4) is 5.75 Å². The van der Waals surface area contributed by atoms with E-state index in [1.807, 2.05) is 0 Å². The molecule has 156 valence electrons.